The molecular formula is C31H41N3O5. The molecule has 8 nitrogen and oxygen atoms in total. The van der Waals surface area contributed by atoms with Gasteiger partial charge < -0.3 is 24.5 Å². The number of nitrogens with zero attached hydrogens (tertiary/aromatic N) is 3. The van der Waals surface area contributed by atoms with E-state index in [2.05, 4.69) is 0 Å². The van der Waals surface area contributed by atoms with E-state index in [4.69, 9.17) is 4.74 Å². The van der Waals surface area contributed by atoms with Crippen LogP contribution in [0, 0.1) is 31.6 Å². The molecule has 1 spiro atoms. The van der Waals surface area contributed by atoms with Crippen LogP contribution in [0.1, 0.15) is 45.2 Å². The molecule has 1 N–H and O–H groups in total. The number of hydrogen-bond donors (Lipinski definition) is 1. The maximum Gasteiger partial charge on any atom is 0.253 e. The second-order valence-electron chi connectivity index (χ2n) is 12.1. The van der Waals surface area contributed by atoms with Gasteiger partial charge in [0.1, 0.15) is 11.6 Å². The maximum absolute atomic E-state index is 14.7. The van der Waals surface area contributed by atoms with Crippen LogP contribution in [0.3, 0.4) is 0 Å². The Hall–Kier alpha value is -2.97. The maximum atomic E-state index is 14.7. The summed E-state index contributed by atoms with van der Waals surface area (Å²) >= 11 is 0. The van der Waals surface area contributed by atoms with Crippen molar-refractivity contribution in [1.82, 2.24) is 9.80 Å². The number of hydrogen-bond acceptors (Lipinski definition) is 5. The number of aliphatic hydroxyl groups is 1. The van der Waals surface area contributed by atoms with Crippen molar-refractivity contribution < 1.29 is 24.2 Å². The monoisotopic (exact) mass is 535 g/mol. The Kier molecular flexibility index (Phi) is 7.00. The van der Waals surface area contributed by atoms with E-state index in [-0.39, 0.29) is 30.2 Å². The molecule has 4 aliphatic heterocycles. The summed E-state index contributed by atoms with van der Waals surface area (Å²) in [6.45, 7) is 12.8. The van der Waals surface area contributed by atoms with Gasteiger partial charge in [-0.05, 0) is 50.3 Å². The van der Waals surface area contributed by atoms with Gasteiger partial charge in [-0.1, -0.05) is 57.2 Å². The molecule has 1 aromatic rings. The fourth-order valence-electron chi connectivity index (χ4n) is 7.19. The molecular weight excluding hydrogens is 494 g/mol. The van der Waals surface area contributed by atoms with Gasteiger partial charge in [0.2, 0.25) is 11.8 Å². The van der Waals surface area contributed by atoms with E-state index in [1.807, 2.05) is 84.0 Å². The molecule has 0 bridgehead atoms. The molecule has 3 amide bonds. The highest BCUT2D eigenvalue weighted by Crippen LogP contribution is 2.58. The van der Waals surface area contributed by atoms with Crippen molar-refractivity contribution in [3.8, 4) is 0 Å². The first-order valence-corrected chi connectivity index (χ1v) is 14.2. The first-order valence-electron chi connectivity index (χ1n) is 14.2. The minimum atomic E-state index is -1.34. The average molecular weight is 536 g/mol. The van der Waals surface area contributed by atoms with Crippen LogP contribution < -0.4 is 4.90 Å². The van der Waals surface area contributed by atoms with Crippen molar-refractivity contribution in [2.75, 3.05) is 31.1 Å². The van der Waals surface area contributed by atoms with Gasteiger partial charge in [0.15, 0.2) is 0 Å². The second kappa shape index (κ2) is 9.89. The molecule has 2 saturated heterocycles. The second-order valence-corrected chi connectivity index (χ2v) is 12.1. The highest BCUT2D eigenvalue weighted by Gasteiger charge is 2.75. The zero-order valence-electron chi connectivity index (χ0n) is 23.9. The summed E-state index contributed by atoms with van der Waals surface area (Å²) in [7, 11) is 0. The summed E-state index contributed by atoms with van der Waals surface area (Å²) in [5, 5.41) is 10.5. The number of likely N-dealkylation sites (tertiary alicyclic amines) is 1. The van der Waals surface area contributed by atoms with E-state index < -0.39 is 35.1 Å². The van der Waals surface area contributed by atoms with Gasteiger partial charge in [-0.3, -0.25) is 14.4 Å². The van der Waals surface area contributed by atoms with Crippen molar-refractivity contribution in [2.24, 2.45) is 17.8 Å². The molecule has 1 aromatic carbocycles. The SMILES string of the molecule is CCCN1CC=C[C@]2(C)O[C@]34C=CCN(c5cc(C)ccc5C)C(=O)C3N([C@@H](CO)C(C)C)C(=O)[C@@H]4[C@@H]2C1=O. The zero-order chi connectivity index (χ0) is 28.3. The zero-order valence-corrected chi connectivity index (χ0v) is 23.9. The van der Waals surface area contributed by atoms with Gasteiger partial charge in [0, 0.05) is 25.3 Å². The van der Waals surface area contributed by atoms with Gasteiger partial charge in [0.25, 0.3) is 5.91 Å². The fourth-order valence-corrected chi connectivity index (χ4v) is 7.19. The lowest BCUT2D eigenvalue weighted by Gasteiger charge is -2.41. The van der Waals surface area contributed by atoms with Gasteiger partial charge in [-0.15, -0.1) is 0 Å². The standard InChI is InChI=1S/C31H41N3O5/c1-7-14-32-15-8-12-30(6)24(27(32)36)25-28(37)34(23(18-35)19(2)3)26-29(38)33(16-9-13-31(25,26)39-30)22-17-20(4)10-11-21(22)5/h8-13,17,19,23-26,35H,7,14-16,18H2,1-6H3/t23-,24+,25-,26?,30-,31-/m0/s1. The summed E-state index contributed by atoms with van der Waals surface area (Å²) in [5.41, 5.74) is 0.378. The Morgan fingerprint density at radius 2 is 1.74 bits per heavy atom. The van der Waals surface area contributed by atoms with E-state index in [0.717, 1.165) is 23.2 Å². The summed E-state index contributed by atoms with van der Waals surface area (Å²) in [5.74, 6) is -2.46. The molecule has 1 unspecified atom stereocenters. The van der Waals surface area contributed by atoms with E-state index >= 15 is 0 Å². The minimum Gasteiger partial charge on any atom is -0.394 e. The molecule has 210 valence electrons. The van der Waals surface area contributed by atoms with E-state index in [9.17, 15) is 19.5 Å². The minimum absolute atomic E-state index is 0.114. The Morgan fingerprint density at radius 3 is 2.41 bits per heavy atom. The first kappa shape index (κ1) is 27.6. The van der Waals surface area contributed by atoms with Crippen molar-refractivity contribution in [3.63, 3.8) is 0 Å². The number of anilines is 1. The van der Waals surface area contributed by atoms with Crippen LogP contribution in [0.4, 0.5) is 5.69 Å². The molecule has 6 atom stereocenters. The summed E-state index contributed by atoms with van der Waals surface area (Å²) in [6.07, 6.45) is 8.41. The van der Waals surface area contributed by atoms with Crippen LogP contribution in [0.25, 0.3) is 0 Å². The van der Waals surface area contributed by atoms with Crippen LogP contribution in [0.15, 0.2) is 42.5 Å². The average Bonchev–Trinajstić information content (AvgIpc) is 3.15. The van der Waals surface area contributed by atoms with Crippen molar-refractivity contribution in [1.29, 1.82) is 0 Å². The third kappa shape index (κ3) is 4.06. The predicted molar refractivity (Wildman–Crippen MR) is 149 cm³/mol. The Bertz CT molecular complexity index is 1240. The van der Waals surface area contributed by atoms with E-state index in [1.165, 1.54) is 0 Å². The number of fused-ring (bicyclic) bond motifs is 2. The van der Waals surface area contributed by atoms with E-state index in [1.54, 1.807) is 14.7 Å². The molecule has 0 aliphatic carbocycles. The summed E-state index contributed by atoms with van der Waals surface area (Å²) in [4.78, 5) is 48.3. The van der Waals surface area contributed by atoms with Gasteiger partial charge in [-0.25, -0.2) is 0 Å². The summed E-state index contributed by atoms with van der Waals surface area (Å²) < 4.78 is 6.90. The highest BCUT2D eigenvalue weighted by atomic mass is 16.5. The number of carbonyl (C=O) groups is 3. The van der Waals surface area contributed by atoms with Gasteiger partial charge >= 0.3 is 0 Å². The molecule has 8 heteroatoms. The quantitative estimate of drug-likeness (QED) is 0.566. The lowest BCUT2D eigenvalue weighted by molar-refractivity contribution is -0.152. The third-order valence-electron chi connectivity index (χ3n) is 9.04. The Labute approximate surface area is 231 Å². The van der Waals surface area contributed by atoms with Crippen LogP contribution in [-0.2, 0) is 19.1 Å². The van der Waals surface area contributed by atoms with Crippen LogP contribution in [-0.4, -0.2) is 82.2 Å². The van der Waals surface area contributed by atoms with Crippen molar-refractivity contribution >= 4 is 23.4 Å². The number of carbonyl (C=O) groups excluding carboxylic acids is 3. The molecule has 0 aromatic heterocycles. The predicted octanol–water partition coefficient (Wildman–Crippen LogP) is 3.00. The summed E-state index contributed by atoms with van der Waals surface area (Å²) in [6, 6.07) is 4.37. The molecule has 0 radical (unpaired) electrons. The largest absolute Gasteiger partial charge is 0.394 e. The van der Waals surface area contributed by atoms with E-state index in [0.29, 0.717) is 19.6 Å². The van der Waals surface area contributed by atoms with Crippen LogP contribution in [0.5, 0.6) is 0 Å². The Balaban J connectivity index is 1.70. The molecule has 5 rings (SSSR count). The normalized spacial score (nSPS) is 32.9. The lowest BCUT2D eigenvalue weighted by Crippen LogP contribution is -2.59. The molecule has 39 heavy (non-hydrogen) atoms. The van der Waals surface area contributed by atoms with Gasteiger partial charge in [0.05, 0.1) is 30.1 Å². The Morgan fingerprint density at radius 1 is 1.03 bits per heavy atom. The highest BCUT2D eigenvalue weighted by molar-refractivity contribution is 6.06. The topological polar surface area (TPSA) is 90.4 Å². The van der Waals surface area contributed by atoms with Crippen LogP contribution >= 0.6 is 0 Å². The number of aliphatic hydroxyl groups excluding tert-OH is 1. The van der Waals surface area contributed by atoms with Crippen LogP contribution in [0.2, 0.25) is 0 Å². The molecule has 4 heterocycles. The molecule has 2 fully saturated rings. The smallest absolute Gasteiger partial charge is 0.253 e. The number of benzene rings is 1. The first-order chi connectivity index (χ1) is 18.5. The number of amides is 3. The van der Waals surface area contributed by atoms with Gasteiger partial charge in [-0.2, -0.15) is 0 Å². The fraction of sp³-hybridized carbons (Fsp3) is 0.581. The number of rotatable bonds is 6. The molecule has 0 saturated carbocycles. The number of ether oxygens (including phenoxy) is 1. The van der Waals surface area contributed by atoms with Crippen molar-refractivity contribution in [3.05, 3.63) is 53.6 Å². The lowest BCUT2D eigenvalue weighted by atomic mass is 9.74. The third-order valence-corrected chi connectivity index (χ3v) is 9.04. The molecule has 4 aliphatic rings. The van der Waals surface area contributed by atoms with Crippen molar-refractivity contribution in [2.45, 2.75) is 71.2 Å². The number of aryl methyl sites for hydroxylation is 2.